The zero-order chi connectivity index (χ0) is 13.5. The van der Waals surface area contributed by atoms with Crippen LogP contribution < -0.4 is 16.4 Å². The van der Waals surface area contributed by atoms with Crippen molar-refractivity contribution in [1.29, 1.82) is 0 Å². The zero-order valence-corrected chi connectivity index (χ0v) is 10.9. The molecule has 1 aliphatic heterocycles. The van der Waals surface area contributed by atoms with Crippen LogP contribution in [-0.2, 0) is 4.74 Å². The Kier molecular flexibility index (Phi) is 5.11. The van der Waals surface area contributed by atoms with Crippen molar-refractivity contribution in [2.75, 3.05) is 31.6 Å². The molecule has 0 bridgehead atoms. The number of carbonyl (C=O) groups is 1. The lowest BCUT2D eigenvalue weighted by molar-refractivity contribution is 0.0394. The predicted molar refractivity (Wildman–Crippen MR) is 73.1 cm³/mol. The van der Waals surface area contributed by atoms with E-state index < -0.39 is 5.91 Å². The highest BCUT2D eigenvalue weighted by Crippen LogP contribution is 2.07. The smallest absolute Gasteiger partial charge is 0.267 e. The minimum absolute atomic E-state index is 0.268. The number of piperidine rings is 1. The molecule has 2 heterocycles. The van der Waals surface area contributed by atoms with Crippen LogP contribution in [0.4, 0.5) is 5.82 Å². The van der Waals surface area contributed by atoms with Crippen LogP contribution in [0.25, 0.3) is 0 Å². The summed E-state index contributed by atoms with van der Waals surface area (Å²) in [6.07, 6.45) is 2.48. The van der Waals surface area contributed by atoms with Crippen LogP contribution in [-0.4, -0.2) is 43.2 Å². The molecular weight excluding hydrogens is 244 g/mol. The van der Waals surface area contributed by atoms with E-state index in [1.165, 1.54) is 0 Å². The number of anilines is 1. The number of nitrogens with two attached hydrogens (primary N) is 1. The summed E-state index contributed by atoms with van der Waals surface area (Å²) in [4.78, 5) is 15.1. The molecule has 0 radical (unpaired) electrons. The molecule has 0 aliphatic carbocycles. The highest BCUT2D eigenvalue weighted by molar-refractivity contribution is 5.91. The molecule has 0 atom stereocenters. The minimum atomic E-state index is -0.519. The van der Waals surface area contributed by atoms with Crippen LogP contribution in [0.1, 0.15) is 23.3 Å². The summed E-state index contributed by atoms with van der Waals surface area (Å²) in [5.41, 5.74) is 5.44. The van der Waals surface area contributed by atoms with Gasteiger partial charge < -0.3 is 21.1 Å². The van der Waals surface area contributed by atoms with Crippen molar-refractivity contribution >= 4 is 11.7 Å². The van der Waals surface area contributed by atoms with Gasteiger partial charge in [0.2, 0.25) is 0 Å². The first-order valence-corrected chi connectivity index (χ1v) is 6.59. The maximum absolute atomic E-state index is 11.0. The first-order chi connectivity index (χ1) is 9.25. The molecule has 4 N–H and O–H groups in total. The largest absolute Gasteiger partial charge is 0.376 e. The third-order valence-electron chi connectivity index (χ3n) is 3.05. The zero-order valence-electron chi connectivity index (χ0n) is 10.9. The Hall–Kier alpha value is -1.66. The summed E-state index contributed by atoms with van der Waals surface area (Å²) in [6, 6.07) is 5.15. The fraction of sp³-hybridized carbons (Fsp3) is 0.538. The van der Waals surface area contributed by atoms with E-state index in [0.717, 1.165) is 25.9 Å². The molecule has 2 rings (SSSR count). The Morgan fingerprint density at radius 2 is 2.26 bits per heavy atom. The van der Waals surface area contributed by atoms with Gasteiger partial charge in [-0.1, -0.05) is 6.07 Å². The Bertz CT molecular complexity index is 419. The van der Waals surface area contributed by atoms with Crippen LogP contribution in [0.5, 0.6) is 0 Å². The summed E-state index contributed by atoms with van der Waals surface area (Å²) in [7, 11) is 0. The van der Waals surface area contributed by atoms with Crippen LogP contribution >= 0.6 is 0 Å². The fourth-order valence-electron chi connectivity index (χ4n) is 2.04. The minimum Gasteiger partial charge on any atom is -0.376 e. The van der Waals surface area contributed by atoms with E-state index >= 15 is 0 Å². The van der Waals surface area contributed by atoms with Crippen LogP contribution in [0.15, 0.2) is 18.2 Å². The lowest BCUT2D eigenvalue weighted by Crippen LogP contribution is -2.33. The molecule has 1 aromatic heterocycles. The van der Waals surface area contributed by atoms with Crippen molar-refractivity contribution in [3.63, 3.8) is 0 Å². The second-order valence-electron chi connectivity index (χ2n) is 4.52. The first-order valence-electron chi connectivity index (χ1n) is 6.59. The highest BCUT2D eigenvalue weighted by Gasteiger charge is 2.12. The SMILES string of the molecule is NC(=O)c1cccc(NCCOC2CCNCC2)n1. The molecule has 0 spiro atoms. The standard InChI is InChI=1S/C13H20N4O2/c14-13(18)11-2-1-3-12(17-11)16-8-9-19-10-4-6-15-7-5-10/h1-3,10,15H,4-9H2,(H2,14,18)(H,16,17). The summed E-state index contributed by atoms with van der Waals surface area (Å²) < 4.78 is 5.76. The maximum Gasteiger partial charge on any atom is 0.267 e. The van der Waals surface area contributed by atoms with E-state index in [4.69, 9.17) is 10.5 Å². The summed E-state index contributed by atoms with van der Waals surface area (Å²) >= 11 is 0. The molecule has 1 aliphatic rings. The molecule has 1 saturated heterocycles. The van der Waals surface area contributed by atoms with Gasteiger partial charge in [-0.05, 0) is 38.1 Å². The summed E-state index contributed by atoms with van der Waals surface area (Å²) in [5.74, 6) is 0.125. The molecule has 0 saturated carbocycles. The van der Waals surface area contributed by atoms with E-state index in [1.807, 2.05) is 0 Å². The van der Waals surface area contributed by atoms with Gasteiger partial charge >= 0.3 is 0 Å². The molecule has 6 heteroatoms. The average Bonchev–Trinajstić information content (AvgIpc) is 2.45. The molecule has 1 fully saturated rings. The van der Waals surface area contributed by atoms with Gasteiger partial charge in [-0.3, -0.25) is 4.79 Å². The van der Waals surface area contributed by atoms with E-state index in [2.05, 4.69) is 15.6 Å². The van der Waals surface area contributed by atoms with Gasteiger partial charge in [0.1, 0.15) is 11.5 Å². The lowest BCUT2D eigenvalue weighted by atomic mass is 10.1. The van der Waals surface area contributed by atoms with Gasteiger partial charge in [0.15, 0.2) is 0 Å². The number of aromatic nitrogens is 1. The molecular formula is C13H20N4O2. The van der Waals surface area contributed by atoms with E-state index in [0.29, 0.717) is 25.1 Å². The van der Waals surface area contributed by atoms with Crippen LogP contribution in [0.3, 0.4) is 0 Å². The van der Waals surface area contributed by atoms with Crippen molar-refractivity contribution in [3.05, 3.63) is 23.9 Å². The lowest BCUT2D eigenvalue weighted by Gasteiger charge is -2.23. The third kappa shape index (κ3) is 4.50. The number of carbonyl (C=O) groups excluding carboxylic acids is 1. The Morgan fingerprint density at radius 3 is 3.00 bits per heavy atom. The maximum atomic E-state index is 11.0. The Morgan fingerprint density at radius 1 is 1.47 bits per heavy atom. The summed E-state index contributed by atoms with van der Waals surface area (Å²) in [6.45, 7) is 3.35. The number of rotatable bonds is 6. The van der Waals surface area contributed by atoms with Crippen molar-refractivity contribution in [1.82, 2.24) is 10.3 Å². The number of nitrogens with zero attached hydrogens (tertiary/aromatic N) is 1. The molecule has 0 aromatic carbocycles. The molecule has 104 valence electrons. The van der Waals surface area contributed by atoms with Crippen LogP contribution in [0.2, 0.25) is 0 Å². The van der Waals surface area contributed by atoms with Crippen molar-refractivity contribution < 1.29 is 9.53 Å². The number of ether oxygens (including phenoxy) is 1. The molecule has 1 amide bonds. The number of hydrogen-bond donors (Lipinski definition) is 3. The van der Waals surface area contributed by atoms with Gasteiger partial charge in [-0.25, -0.2) is 4.98 Å². The van der Waals surface area contributed by atoms with E-state index in [9.17, 15) is 4.79 Å². The van der Waals surface area contributed by atoms with Gasteiger partial charge in [-0.15, -0.1) is 0 Å². The predicted octanol–water partition coefficient (Wildman–Crippen LogP) is 0.361. The van der Waals surface area contributed by atoms with Gasteiger partial charge in [-0.2, -0.15) is 0 Å². The highest BCUT2D eigenvalue weighted by atomic mass is 16.5. The quantitative estimate of drug-likeness (QED) is 0.646. The number of hydrogen-bond acceptors (Lipinski definition) is 5. The molecule has 19 heavy (non-hydrogen) atoms. The van der Waals surface area contributed by atoms with E-state index in [1.54, 1.807) is 18.2 Å². The second kappa shape index (κ2) is 7.06. The monoisotopic (exact) mass is 264 g/mol. The third-order valence-corrected chi connectivity index (χ3v) is 3.05. The molecule has 0 unspecified atom stereocenters. The van der Waals surface area contributed by atoms with Gasteiger partial charge in [0.25, 0.3) is 5.91 Å². The second-order valence-corrected chi connectivity index (χ2v) is 4.52. The summed E-state index contributed by atoms with van der Waals surface area (Å²) in [5, 5.41) is 6.42. The average molecular weight is 264 g/mol. The number of amides is 1. The normalized spacial score (nSPS) is 16.2. The fourth-order valence-corrected chi connectivity index (χ4v) is 2.04. The van der Waals surface area contributed by atoms with E-state index in [-0.39, 0.29) is 5.69 Å². The Balaban J connectivity index is 1.70. The molecule has 1 aromatic rings. The topological polar surface area (TPSA) is 89.3 Å². The van der Waals surface area contributed by atoms with Gasteiger partial charge in [0, 0.05) is 6.54 Å². The van der Waals surface area contributed by atoms with Gasteiger partial charge in [0.05, 0.1) is 12.7 Å². The Labute approximate surface area is 112 Å². The number of pyridine rings is 1. The van der Waals surface area contributed by atoms with Crippen LogP contribution in [0, 0.1) is 0 Å². The van der Waals surface area contributed by atoms with Crippen molar-refractivity contribution in [2.45, 2.75) is 18.9 Å². The number of nitrogens with one attached hydrogen (secondary N) is 2. The first kappa shape index (κ1) is 13.8. The van der Waals surface area contributed by atoms with Crippen molar-refractivity contribution in [3.8, 4) is 0 Å². The van der Waals surface area contributed by atoms with Crippen molar-refractivity contribution in [2.24, 2.45) is 5.73 Å². The number of primary amides is 1. The molecule has 6 nitrogen and oxygen atoms in total.